The Morgan fingerprint density at radius 1 is 1.24 bits per heavy atom. The molecule has 0 aliphatic carbocycles. The van der Waals surface area contributed by atoms with Crippen LogP contribution in [0.1, 0.15) is 43.2 Å². The van der Waals surface area contributed by atoms with Gasteiger partial charge in [0.25, 0.3) is 9.05 Å². The Labute approximate surface area is 209 Å². The summed E-state index contributed by atoms with van der Waals surface area (Å²) in [5.41, 5.74) is 1.15. The molecule has 34 heavy (non-hydrogen) atoms. The van der Waals surface area contributed by atoms with Crippen molar-refractivity contribution in [3.8, 4) is 11.8 Å². The summed E-state index contributed by atoms with van der Waals surface area (Å²) in [6.45, 7) is 3.61. The van der Waals surface area contributed by atoms with Crippen LogP contribution in [-0.4, -0.2) is 45.7 Å². The number of ether oxygens (including phenoxy) is 2. The predicted molar refractivity (Wildman–Crippen MR) is 130 cm³/mol. The summed E-state index contributed by atoms with van der Waals surface area (Å²) in [5.74, 6) is 0.269. The number of hydrogen-bond donors (Lipinski definition) is 0. The first-order valence-corrected chi connectivity index (χ1v) is 13.7. The number of benzene rings is 2. The van der Waals surface area contributed by atoms with Gasteiger partial charge in [-0.3, -0.25) is 0 Å². The third-order valence-corrected chi connectivity index (χ3v) is 7.42. The number of nitrogens with zero attached hydrogens (tertiary/aromatic N) is 2. The highest BCUT2D eigenvalue weighted by Gasteiger charge is 2.34. The number of likely N-dealkylation sites (tertiary alicyclic amines) is 1. The van der Waals surface area contributed by atoms with Crippen molar-refractivity contribution in [1.29, 1.82) is 5.26 Å². The third kappa shape index (κ3) is 6.78. The van der Waals surface area contributed by atoms with E-state index in [4.69, 9.17) is 31.8 Å². The third-order valence-electron chi connectivity index (χ3n) is 5.82. The van der Waals surface area contributed by atoms with Crippen molar-refractivity contribution >= 4 is 37.4 Å². The average molecular weight is 525 g/mol. The minimum atomic E-state index is -3.97. The minimum Gasteiger partial charge on any atom is -0.492 e. The zero-order valence-electron chi connectivity index (χ0n) is 18.7. The second-order valence-corrected chi connectivity index (χ2v) is 11.1. The molecule has 0 saturated carbocycles. The molecule has 1 saturated heterocycles. The van der Waals surface area contributed by atoms with Gasteiger partial charge < -0.3 is 14.4 Å². The maximum atomic E-state index is 12.5. The standard InChI is InChI=1S/C24H26Cl2N2O5S/c1-2-3-12-32-24(29)28-11-10-22(17-4-6-20(25)7-5-17)19(15-28)16-33-23-9-8-21(34(26,30)31)13-18(23)14-27/h4-9,13,19,22H,2-3,10-12,15-16H2,1H3/t19-,22-/m1/s1. The van der Waals surface area contributed by atoms with Crippen LogP contribution in [0.4, 0.5) is 4.79 Å². The van der Waals surface area contributed by atoms with E-state index in [9.17, 15) is 18.5 Å². The van der Waals surface area contributed by atoms with Crippen LogP contribution < -0.4 is 4.74 Å². The lowest BCUT2D eigenvalue weighted by Crippen LogP contribution is -2.45. The Balaban J connectivity index is 1.79. The number of halogens is 2. The van der Waals surface area contributed by atoms with Crippen molar-refractivity contribution in [2.75, 3.05) is 26.3 Å². The molecule has 3 rings (SSSR count). The highest BCUT2D eigenvalue weighted by Crippen LogP contribution is 2.35. The fraction of sp³-hybridized carbons (Fsp3) is 0.417. The first kappa shape index (κ1) is 26.1. The van der Waals surface area contributed by atoms with Crippen LogP contribution in [0.2, 0.25) is 5.02 Å². The number of carbonyl (C=O) groups excluding carboxylic acids is 1. The second kappa shape index (κ2) is 11.8. The van der Waals surface area contributed by atoms with Crippen molar-refractivity contribution in [2.45, 2.75) is 37.0 Å². The molecule has 0 aromatic heterocycles. The van der Waals surface area contributed by atoms with E-state index in [0.717, 1.165) is 18.4 Å². The molecule has 182 valence electrons. The van der Waals surface area contributed by atoms with E-state index in [1.807, 2.05) is 37.3 Å². The van der Waals surface area contributed by atoms with Crippen LogP contribution in [0, 0.1) is 17.2 Å². The van der Waals surface area contributed by atoms with Gasteiger partial charge in [0.1, 0.15) is 11.8 Å². The summed E-state index contributed by atoms with van der Waals surface area (Å²) in [5, 5.41) is 10.1. The second-order valence-electron chi connectivity index (χ2n) is 8.14. The molecule has 7 nitrogen and oxygen atoms in total. The van der Waals surface area contributed by atoms with E-state index in [-0.39, 0.29) is 40.7 Å². The topological polar surface area (TPSA) is 96.7 Å². The molecule has 0 bridgehead atoms. The van der Waals surface area contributed by atoms with Crippen molar-refractivity contribution in [1.82, 2.24) is 4.90 Å². The molecule has 2 atom stereocenters. The Kier molecular flexibility index (Phi) is 9.06. The molecule has 0 radical (unpaired) electrons. The summed E-state index contributed by atoms with van der Waals surface area (Å²) < 4.78 is 34.5. The monoisotopic (exact) mass is 524 g/mol. The molecule has 1 heterocycles. The zero-order valence-corrected chi connectivity index (χ0v) is 21.1. The highest BCUT2D eigenvalue weighted by molar-refractivity contribution is 8.13. The minimum absolute atomic E-state index is 0.0661. The summed E-state index contributed by atoms with van der Waals surface area (Å²) in [4.78, 5) is 14.1. The number of piperidine rings is 1. The lowest BCUT2D eigenvalue weighted by atomic mass is 9.81. The lowest BCUT2D eigenvalue weighted by Gasteiger charge is -2.38. The van der Waals surface area contributed by atoms with Crippen molar-refractivity contribution in [2.24, 2.45) is 5.92 Å². The summed E-state index contributed by atoms with van der Waals surface area (Å²) >= 11 is 6.05. The number of amides is 1. The fourth-order valence-corrected chi connectivity index (χ4v) is 4.88. The molecule has 2 aromatic rings. The first-order chi connectivity index (χ1) is 16.2. The van der Waals surface area contributed by atoms with E-state index in [2.05, 4.69) is 0 Å². The van der Waals surface area contributed by atoms with Gasteiger partial charge in [0.2, 0.25) is 0 Å². The fourth-order valence-electron chi connectivity index (χ4n) is 3.98. The van der Waals surface area contributed by atoms with Gasteiger partial charge in [-0.1, -0.05) is 37.1 Å². The maximum absolute atomic E-state index is 12.5. The van der Waals surface area contributed by atoms with Crippen molar-refractivity contribution < 1.29 is 22.7 Å². The molecule has 1 aliphatic rings. The van der Waals surface area contributed by atoms with Gasteiger partial charge in [-0.15, -0.1) is 0 Å². The molecule has 1 amide bonds. The van der Waals surface area contributed by atoms with E-state index >= 15 is 0 Å². The van der Waals surface area contributed by atoms with E-state index < -0.39 is 9.05 Å². The van der Waals surface area contributed by atoms with E-state index in [1.54, 1.807) is 4.90 Å². The van der Waals surface area contributed by atoms with Crippen LogP contribution in [0.25, 0.3) is 0 Å². The molecule has 0 N–H and O–H groups in total. The molecule has 0 unspecified atom stereocenters. The summed E-state index contributed by atoms with van der Waals surface area (Å²) in [7, 11) is 1.43. The Morgan fingerprint density at radius 2 is 1.97 bits per heavy atom. The van der Waals surface area contributed by atoms with Gasteiger partial charge in [0.05, 0.1) is 23.7 Å². The largest absolute Gasteiger partial charge is 0.492 e. The quantitative estimate of drug-likeness (QED) is 0.331. The number of unbranched alkanes of at least 4 members (excludes halogenated alkanes) is 1. The Morgan fingerprint density at radius 3 is 2.62 bits per heavy atom. The molecule has 0 spiro atoms. The molecule has 1 aliphatic heterocycles. The van der Waals surface area contributed by atoms with Gasteiger partial charge in [-0.05, 0) is 54.7 Å². The van der Waals surface area contributed by atoms with Crippen LogP contribution in [0.15, 0.2) is 47.4 Å². The smallest absolute Gasteiger partial charge is 0.409 e. The normalized spacial score (nSPS) is 18.2. The SMILES string of the molecule is CCCCOC(=O)N1CC[C@H](c2ccc(Cl)cc2)[C@@H](COc2ccc(S(=O)(=O)Cl)cc2C#N)C1. The van der Waals surface area contributed by atoms with Crippen molar-refractivity contribution in [3.05, 3.63) is 58.6 Å². The molecule has 2 aromatic carbocycles. The number of nitriles is 1. The van der Waals surface area contributed by atoms with Crippen LogP contribution in [0.5, 0.6) is 5.75 Å². The first-order valence-electron chi connectivity index (χ1n) is 11.0. The summed E-state index contributed by atoms with van der Waals surface area (Å²) in [6, 6.07) is 13.5. The Hall–Kier alpha value is -2.47. The van der Waals surface area contributed by atoms with Crippen LogP contribution in [-0.2, 0) is 13.8 Å². The molecule has 10 heteroatoms. The molecular formula is C24H26Cl2N2O5S. The predicted octanol–water partition coefficient (Wildman–Crippen LogP) is 5.56. The summed E-state index contributed by atoms with van der Waals surface area (Å²) in [6.07, 6.45) is 2.12. The molecule has 1 fully saturated rings. The van der Waals surface area contributed by atoms with E-state index in [1.165, 1.54) is 18.2 Å². The van der Waals surface area contributed by atoms with Gasteiger partial charge in [-0.2, -0.15) is 5.26 Å². The number of rotatable bonds is 8. The van der Waals surface area contributed by atoms with Crippen LogP contribution >= 0.6 is 22.3 Å². The van der Waals surface area contributed by atoms with Gasteiger partial charge in [0, 0.05) is 34.7 Å². The highest BCUT2D eigenvalue weighted by atomic mass is 35.7. The Bertz CT molecular complexity index is 1150. The number of carbonyl (C=O) groups is 1. The van der Waals surface area contributed by atoms with E-state index in [0.29, 0.717) is 31.1 Å². The van der Waals surface area contributed by atoms with Gasteiger partial charge in [0.15, 0.2) is 0 Å². The average Bonchev–Trinajstić information content (AvgIpc) is 2.82. The molecular weight excluding hydrogens is 499 g/mol. The van der Waals surface area contributed by atoms with Crippen LogP contribution in [0.3, 0.4) is 0 Å². The van der Waals surface area contributed by atoms with Gasteiger partial charge in [-0.25, -0.2) is 13.2 Å². The van der Waals surface area contributed by atoms with Gasteiger partial charge >= 0.3 is 6.09 Å². The maximum Gasteiger partial charge on any atom is 0.409 e. The lowest BCUT2D eigenvalue weighted by molar-refractivity contribution is 0.0676. The zero-order chi connectivity index (χ0) is 24.7. The number of hydrogen-bond acceptors (Lipinski definition) is 6. The van der Waals surface area contributed by atoms with Crippen molar-refractivity contribution in [3.63, 3.8) is 0 Å².